The summed E-state index contributed by atoms with van der Waals surface area (Å²) in [6.07, 6.45) is 4.50. The zero-order valence-electron chi connectivity index (χ0n) is 20.3. The minimum atomic E-state index is -1.20. The van der Waals surface area contributed by atoms with Crippen LogP contribution in [0, 0.1) is 23.2 Å². The van der Waals surface area contributed by atoms with Gasteiger partial charge in [0.2, 0.25) is 0 Å². The number of benzene rings is 2. The maximum atomic E-state index is 14.4. The molecule has 0 bridgehead atoms. The molecule has 3 rings (SSSR count). The van der Waals surface area contributed by atoms with Crippen molar-refractivity contribution in [2.45, 2.75) is 65.4 Å². The number of ether oxygens (including phenoxy) is 1. The molecule has 1 fully saturated rings. The van der Waals surface area contributed by atoms with E-state index in [1.165, 1.54) is 0 Å². The highest BCUT2D eigenvalue weighted by Crippen LogP contribution is 2.57. The molecule has 2 aromatic rings. The second-order valence-electron chi connectivity index (χ2n) is 9.86. The quantitative estimate of drug-likeness (QED) is 0.398. The second kappa shape index (κ2) is 10.1. The number of carbonyl (C=O) groups is 2. The summed E-state index contributed by atoms with van der Waals surface area (Å²) in [5.41, 5.74) is -0.884. The highest BCUT2D eigenvalue weighted by atomic mass is 16.5. The summed E-state index contributed by atoms with van der Waals surface area (Å²) in [5, 5.41) is 0. The van der Waals surface area contributed by atoms with Gasteiger partial charge in [-0.05, 0) is 43.9 Å². The van der Waals surface area contributed by atoms with E-state index < -0.39 is 11.0 Å². The third kappa shape index (κ3) is 4.08. The molecule has 0 aromatic heterocycles. The SMILES string of the molecule is CCCCC1C(C(C)C)CCC(C)(C(=O)c2ccccc2)C1(OC)C(=O)c1ccccc1. The molecule has 0 N–H and O–H groups in total. The number of carbonyl (C=O) groups excluding carboxylic acids is 2. The van der Waals surface area contributed by atoms with E-state index >= 15 is 0 Å². The number of methoxy groups -OCH3 is 1. The summed E-state index contributed by atoms with van der Waals surface area (Å²) in [6, 6.07) is 18.8. The maximum absolute atomic E-state index is 14.4. The van der Waals surface area contributed by atoms with Gasteiger partial charge >= 0.3 is 0 Å². The van der Waals surface area contributed by atoms with Crippen LogP contribution in [0.3, 0.4) is 0 Å². The van der Waals surface area contributed by atoms with Gasteiger partial charge in [0, 0.05) is 18.2 Å². The Hall–Kier alpha value is -2.26. The molecule has 0 saturated heterocycles. The smallest absolute Gasteiger partial charge is 0.195 e. The Morgan fingerprint density at radius 2 is 1.50 bits per heavy atom. The lowest BCUT2D eigenvalue weighted by atomic mass is 9.49. The minimum Gasteiger partial charge on any atom is -0.369 e. The molecule has 1 aliphatic rings. The molecular weight excluding hydrogens is 396 g/mol. The topological polar surface area (TPSA) is 43.4 Å². The van der Waals surface area contributed by atoms with Crippen molar-refractivity contribution in [3.8, 4) is 0 Å². The molecule has 0 heterocycles. The Kier molecular flexibility index (Phi) is 7.71. The van der Waals surface area contributed by atoms with Gasteiger partial charge in [-0.3, -0.25) is 9.59 Å². The summed E-state index contributed by atoms with van der Waals surface area (Å²) in [6.45, 7) is 8.62. The van der Waals surface area contributed by atoms with Gasteiger partial charge in [-0.15, -0.1) is 0 Å². The van der Waals surface area contributed by atoms with E-state index in [1.807, 2.05) is 67.6 Å². The molecule has 4 unspecified atom stereocenters. The van der Waals surface area contributed by atoms with Crippen molar-refractivity contribution in [2.24, 2.45) is 23.2 Å². The molecule has 0 aliphatic heterocycles. The molecule has 3 nitrogen and oxygen atoms in total. The molecule has 2 aromatic carbocycles. The van der Waals surface area contributed by atoms with E-state index in [2.05, 4.69) is 20.8 Å². The van der Waals surface area contributed by atoms with Crippen LogP contribution in [0.5, 0.6) is 0 Å². The summed E-state index contributed by atoms with van der Waals surface area (Å²) >= 11 is 0. The van der Waals surface area contributed by atoms with Gasteiger partial charge < -0.3 is 4.74 Å². The van der Waals surface area contributed by atoms with Crippen molar-refractivity contribution in [2.75, 3.05) is 7.11 Å². The largest absolute Gasteiger partial charge is 0.369 e. The molecule has 1 aliphatic carbocycles. The van der Waals surface area contributed by atoms with Crippen LogP contribution in [0.25, 0.3) is 0 Å². The second-order valence-corrected chi connectivity index (χ2v) is 9.86. The van der Waals surface area contributed by atoms with Crippen molar-refractivity contribution in [3.05, 3.63) is 71.8 Å². The molecular formula is C29H38O3. The van der Waals surface area contributed by atoms with Gasteiger partial charge in [0.1, 0.15) is 5.60 Å². The fourth-order valence-corrected chi connectivity index (χ4v) is 6.07. The average Bonchev–Trinajstić information content (AvgIpc) is 2.82. The van der Waals surface area contributed by atoms with E-state index in [-0.39, 0.29) is 17.5 Å². The van der Waals surface area contributed by atoms with Crippen LogP contribution in [-0.2, 0) is 4.74 Å². The molecule has 3 heteroatoms. The standard InChI is InChI=1S/C29H38O3/c1-6-7-18-25-24(21(2)3)19-20-28(4,26(30)22-14-10-8-11-15-22)29(25,32-5)27(31)23-16-12-9-13-17-23/h8-17,21,24-25H,6-7,18-20H2,1-5H3. The van der Waals surface area contributed by atoms with Gasteiger partial charge in [-0.25, -0.2) is 0 Å². The van der Waals surface area contributed by atoms with Crippen LogP contribution in [0.15, 0.2) is 60.7 Å². The zero-order chi connectivity index (χ0) is 23.4. The Bertz CT molecular complexity index is 905. The Morgan fingerprint density at radius 3 is 1.97 bits per heavy atom. The summed E-state index contributed by atoms with van der Waals surface area (Å²) in [7, 11) is 1.64. The number of hydrogen-bond acceptors (Lipinski definition) is 3. The van der Waals surface area contributed by atoms with Gasteiger partial charge in [0.25, 0.3) is 0 Å². The summed E-state index contributed by atoms with van der Waals surface area (Å²) in [4.78, 5) is 28.5. The first kappa shape index (κ1) is 24.4. The van der Waals surface area contributed by atoms with E-state index in [1.54, 1.807) is 7.11 Å². The number of hydrogen-bond donors (Lipinski definition) is 0. The van der Waals surface area contributed by atoms with Crippen molar-refractivity contribution < 1.29 is 14.3 Å². The molecule has 0 amide bonds. The maximum Gasteiger partial charge on any atom is 0.195 e. The molecule has 1 saturated carbocycles. The number of ketones is 2. The Morgan fingerprint density at radius 1 is 0.969 bits per heavy atom. The first-order valence-corrected chi connectivity index (χ1v) is 12.1. The average molecular weight is 435 g/mol. The van der Waals surface area contributed by atoms with Crippen LogP contribution >= 0.6 is 0 Å². The normalized spacial score (nSPS) is 27.9. The van der Waals surface area contributed by atoms with Gasteiger partial charge in [0.05, 0.1) is 5.41 Å². The third-order valence-electron chi connectivity index (χ3n) is 7.79. The van der Waals surface area contributed by atoms with Crippen molar-refractivity contribution >= 4 is 11.6 Å². The van der Waals surface area contributed by atoms with Gasteiger partial charge in [-0.1, -0.05) is 94.3 Å². The fourth-order valence-electron chi connectivity index (χ4n) is 6.07. The van der Waals surface area contributed by atoms with E-state index in [9.17, 15) is 9.59 Å². The number of Topliss-reactive ketones (excluding diaryl/α,β-unsaturated/α-hetero) is 2. The Balaban J connectivity index is 2.24. The van der Waals surface area contributed by atoms with Crippen molar-refractivity contribution in [1.82, 2.24) is 0 Å². The zero-order valence-corrected chi connectivity index (χ0v) is 20.3. The predicted molar refractivity (Wildman–Crippen MR) is 130 cm³/mol. The van der Waals surface area contributed by atoms with Crippen LogP contribution in [0.4, 0.5) is 0 Å². The van der Waals surface area contributed by atoms with Crippen molar-refractivity contribution in [1.29, 1.82) is 0 Å². The lowest BCUT2D eigenvalue weighted by molar-refractivity contribution is -0.144. The Labute approximate surface area is 193 Å². The van der Waals surface area contributed by atoms with Gasteiger partial charge in [-0.2, -0.15) is 0 Å². The van der Waals surface area contributed by atoms with Crippen LogP contribution < -0.4 is 0 Å². The minimum absolute atomic E-state index is 0.00735. The summed E-state index contributed by atoms with van der Waals surface area (Å²) < 4.78 is 6.37. The lowest BCUT2D eigenvalue weighted by Gasteiger charge is -2.57. The highest BCUT2D eigenvalue weighted by molar-refractivity contribution is 6.11. The van der Waals surface area contributed by atoms with Crippen LogP contribution in [0.2, 0.25) is 0 Å². The highest BCUT2D eigenvalue weighted by Gasteiger charge is 2.65. The summed E-state index contributed by atoms with van der Waals surface area (Å²) in [5.74, 6) is 0.662. The van der Waals surface area contributed by atoms with Crippen molar-refractivity contribution in [3.63, 3.8) is 0 Å². The predicted octanol–water partition coefficient (Wildman–Crippen LogP) is 7.02. The monoisotopic (exact) mass is 434 g/mol. The van der Waals surface area contributed by atoms with E-state index in [0.29, 0.717) is 29.4 Å². The lowest BCUT2D eigenvalue weighted by Crippen LogP contribution is -2.66. The third-order valence-corrected chi connectivity index (χ3v) is 7.79. The molecule has 172 valence electrons. The molecule has 0 radical (unpaired) electrons. The molecule has 4 atom stereocenters. The number of unbranched alkanes of at least 4 members (excludes halogenated alkanes) is 1. The van der Waals surface area contributed by atoms with Crippen LogP contribution in [-0.4, -0.2) is 24.3 Å². The first-order valence-electron chi connectivity index (χ1n) is 12.1. The number of rotatable bonds is 9. The fraction of sp³-hybridized carbons (Fsp3) is 0.517. The molecule has 32 heavy (non-hydrogen) atoms. The molecule has 0 spiro atoms. The van der Waals surface area contributed by atoms with E-state index in [0.717, 1.165) is 25.7 Å². The van der Waals surface area contributed by atoms with Gasteiger partial charge in [0.15, 0.2) is 11.6 Å². The van der Waals surface area contributed by atoms with E-state index in [4.69, 9.17) is 4.74 Å². The van der Waals surface area contributed by atoms with Crippen LogP contribution in [0.1, 0.15) is 80.5 Å². The first-order chi connectivity index (χ1) is 15.3.